The number of piperidine rings is 1. The van der Waals surface area contributed by atoms with Crippen LogP contribution in [0.2, 0.25) is 0 Å². The minimum Gasteiger partial charge on any atom is -0.466 e. The largest absolute Gasteiger partial charge is 0.466 e. The van der Waals surface area contributed by atoms with E-state index in [0.717, 1.165) is 5.56 Å². The van der Waals surface area contributed by atoms with Crippen LogP contribution in [0.3, 0.4) is 0 Å². The van der Waals surface area contributed by atoms with Crippen molar-refractivity contribution in [1.82, 2.24) is 10.2 Å². The molecule has 6 heteroatoms. The van der Waals surface area contributed by atoms with E-state index in [4.69, 9.17) is 4.74 Å². The molecule has 0 aromatic heterocycles. The zero-order valence-electron chi connectivity index (χ0n) is 13.6. The van der Waals surface area contributed by atoms with Crippen LogP contribution in [0.5, 0.6) is 0 Å². The number of rotatable bonds is 4. The number of urea groups is 1. The average Bonchev–Trinajstić information content (AvgIpc) is 2.56. The number of halogens is 1. The summed E-state index contributed by atoms with van der Waals surface area (Å²) >= 11 is 0. The first-order chi connectivity index (χ1) is 11.0. The molecule has 1 N–H and O–H groups in total. The third-order valence-electron chi connectivity index (χ3n) is 4.08. The van der Waals surface area contributed by atoms with E-state index in [1.807, 2.05) is 0 Å². The van der Waals surface area contributed by atoms with Gasteiger partial charge >= 0.3 is 12.0 Å². The zero-order valence-corrected chi connectivity index (χ0v) is 13.6. The summed E-state index contributed by atoms with van der Waals surface area (Å²) in [5.41, 5.74) is 1.31. The van der Waals surface area contributed by atoms with Crippen LogP contribution in [0.25, 0.3) is 0 Å². The fourth-order valence-corrected chi connectivity index (χ4v) is 2.61. The first kappa shape index (κ1) is 17.2. The molecule has 0 aliphatic carbocycles. The Hall–Kier alpha value is -2.11. The van der Waals surface area contributed by atoms with E-state index in [-0.39, 0.29) is 30.3 Å². The molecule has 0 spiro atoms. The highest BCUT2D eigenvalue weighted by molar-refractivity contribution is 5.76. The van der Waals surface area contributed by atoms with Crippen LogP contribution in [0, 0.1) is 18.7 Å². The first-order valence-electron chi connectivity index (χ1n) is 7.95. The number of nitrogens with zero attached hydrogens (tertiary/aromatic N) is 1. The molecule has 2 rings (SSSR count). The number of ether oxygens (including phenoxy) is 1. The van der Waals surface area contributed by atoms with Crippen molar-refractivity contribution in [2.45, 2.75) is 33.2 Å². The lowest BCUT2D eigenvalue weighted by atomic mass is 9.97. The molecule has 1 aromatic carbocycles. The molecule has 1 aromatic rings. The summed E-state index contributed by atoms with van der Waals surface area (Å²) < 4.78 is 18.5. The number of nitrogens with one attached hydrogen (secondary N) is 1. The average molecular weight is 322 g/mol. The second kappa shape index (κ2) is 7.94. The predicted molar refractivity (Wildman–Crippen MR) is 84.3 cm³/mol. The molecule has 1 saturated heterocycles. The van der Waals surface area contributed by atoms with E-state index in [0.29, 0.717) is 38.1 Å². The third-order valence-corrected chi connectivity index (χ3v) is 4.08. The summed E-state index contributed by atoms with van der Waals surface area (Å²) in [6.07, 6.45) is 1.23. The normalized spacial score (nSPS) is 15.3. The molecule has 0 bridgehead atoms. The summed E-state index contributed by atoms with van der Waals surface area (Å²) in [6.45, 7) is 5.20. The van der Waals surface area contributed by atoms with Crippen LogP contribution in [-0.4, -0.2) is 36.6 Å². The lowest BCUT2D eigenvalue weighted by molar-refractivity contribution is -0.149. The van der Waals surface area contributed by atoms with Gasteiger partial charge in [-0.05, 0) is 43.9 Å². The van der Waals surface area contributed by atoms with Crippen molar-refractivity contribution in [3.8, 4) is 0 Å². The number of hydrogen-bond acceptors (Lipinski definition) is 3. The molecule has 126 valence electrons. The maximum absolute atomic E-state index is 13.5. The van der Waals surface area contributed by atoms with E-state index >= 15 is 0 Å². The van der Waals surface area contributed by atoms with E-state index in [1.165, 1.54) is 6.07 Å². The lowest BCUT2D eigenvalue weighted by Gasteiger charge is -2.30. The Balaban J connectivity index is 1.79. The highest BCUT2D eigenvalue weighted by Gasteiger charge is 2.28. The highest BCUT2D eigenvalue weighted by atomic mass is 19.1. The molecule has 0 saturated carbocycles. The molecule has 5 nitrogen and oxygen atoms in total. The minimum absolute atomic E-state index is 0.120. The van der Waals surface area contributed by atoms with Crippen molar-refractivity contribution in [3.05, 3.63) is 35.1 Å². The van der Waals surface area contributed by atoms with Crippen LogP contribution < -0.4 is 5.32 Å². The molecule has 1 aliphatic heterocycles. The quantitative estimate of drug-likeness (QED) is 0.867. The molecular formula is C17H23FN2O3. The molecule has 1 fully saturated rings. The second-order valence-electron chi connectivity index (χ2n) is 5.76. The maximum atomic E-state index is 13.5. The van der Waals surface area contributed by atoms with Gasteiger partial charge in [-0.3, -0.25) is 4.79 Å². The van der Waals surface area contributed by atoms with Crippen LogP contribution in [-0.2, 0) is 16.1 Å². The fraction of sp³-hybridized carbons (Fsp3) is 0.529. The lowest BCUT2D eigenvalue weighted by Crippen LogP contribution is -2.45. The van der Waals surface area contributed by atoms with Crippen molar-refractivity contribution in [2.24, 2.45) is 5.92 Å². The van der Waals surface area contributed by atoms with Gasteiger partial charge in [0, 0.05) is 19.6 Å². The summed E-state index contributed by atoms with van der Waals surface area (Å²) in [7, 11) is 0. The molecule has 1 heterocycles. The first-order valence-corrected chi connectivity index (χ1v) is 7.95. The molecule has 23 heavy (non-hydrogen) atoms. The van der Waals surface area contributed by atoms with E-state index in [1.54, 1.807) is 30.9 Å². The smallest absolute Gasteiger partial charge is 0.317 e. The molecule has 0 atom stereocenters. The number of hydrogen-bond donors (Lipinski definition) is 1. The van der Waals surface area contributed by atoms with Gasteiger partial charge in [0.1, 0.15) is 5.82 Å². The number of esters is 1. The van der Waals surface area contributed by atoms with Crippen LogP contribution in [0.1, 0.15) is 30.9 Å². The van der Waals surface area contributed by atoms with Crippen molar-refractivity contribution in [3.63, 3.8) is 0 Å². The molecule has 0 radical (unpaired) electrons. The van der Waals surface area contributed by atoms with Gasteiger partial charge in [-0.15, -0.1) is 0 Å². The number of carbonyl (C=O) groups is 2. The number of amides is 2. The summed E-state index contributed by atoms with van der Waals surface area (Å²) in [5.74, 6) is -0.570. The fourth-order valence-electron chi connectivity index (χ4n) is 2.61. The van der Waals surface area contributed by atoms with Crippen molar-refractivity contribution >= 4 is 12.0 Å². The Labute approximate surface area is 135 Å². The van der Waals surface area contributed by atoms with Crippen LogP contribution >= 0.6 is 0 Å². The number of benzene rings is 1. The summed E-state index contributed by atoms with van der Waals surface area (Å²) in [6, 6.07) is 4.74. The summed E-state index contributed by atoms with van der Waals surface area (Å²) in [4.78, 5) is 25.5. The number of carbonyl (C=O) groups excluding carboxylic acids is 2. The standard InChI is InChI=1S/C17H23FN2O3/c1-3-23-16(21)14-6-8-20(9-7-14)17(22)19-11-13-5-4-12(2)15(18)10-13/h4-5,10,14H,3,6-9,11H2,1-2H3,(H,19,22). The van der Waals surface area contributed by atoms with Crippen LogP contribution in [0.15, 0.2) is 18.2 Å². The monoisotopic (exact) mass is 322 g/mol. The van der Waals surface area contributed by atoms with Gasteiger partial charge in [0.2, 0.25) is 0 Å². The maximum Gasteiger partial charge on any atom is 0.317 e. The highest BCUT2D eigenvalue weighted by Crippen LogP contribution is 2.18. The zero-order chi connectivity index (χ0) is 16.8. The van der Waals surface area contributed by atoms with Gasteiger partial charge in [-0.2, -0.15) is 0 Å². The Kier molecular flexibility index (Phi) is 5.96. The van der Waals surface area contributed by atoms with Gasteiger partial charge < -0.3 is 15.0 Å². The second-order valence-corrected chi connectivity index (χ2v) is 5.76. The SMILES string of the molecule is CCOC(=O)C1CCN(C(=O)NCc2ccc(C)c(F)c2)CC1. The minimum atomic E-state index is -0.271. The van der Waals surface area contributed by atoms with E-state index in [9.17, 15) is 14.0 Å². The molecular weight excluding hydrogens is 299 g/mol. The Bertz CT molecular complexity index is 569. The number of aryl methyl sites for hydroxylation is 1. The van der Waals surface area contributed by atoms with Crippen LogP contribution in [0.4, 0.5) is 9.18 Å². The topological polar surface area (TPSA) is 58.6 Å². The van der Waals surface area contributed by atoms with Crippen molar-refractivity contribution in [1.29, 1.82) is 0 Å². The van der Waals surface area contributed by atoms with Crippen molar-refractivity contribution in [2.75, 3.05) is 19.7 Å². The number of likely N-dealkylation sites (tertiary alicyclic amines) is 1. The van der Waals surface area contributed by atoms with Gasteiger partial charge in [0.05, 0.1) is 12.5 Å². The van der Waals surface area contributed by atoms with E-state index in [2.05, 4.69) is 5.32 Å². The molecule has 0 unspecified atom stereocenters. The van der Waals surface area contributed by atoms with E-state index < -0.39 is 0 Å². The van der Waals surface area contributed by atoms with Gasteiger partial charge in [-0.25, -0.2) is 9.18 Å². The van der Waals surface area contributed by atoms with Gasteiger partial charge in [0.15, 0.2) is 0 Å². The summed E-state index contributed by atoms with van der Waals surface area (Å²) in [5, 5.41) is 2.79. The Morgan fingerprint density at radius 2 is 2.04 bits per heavy atom. The Morgan fingerprint density at radius 1 is 1.35 bits per heavy atom. The molecule has 1 aliphatic rings. The predicted octanol–water partition coefficient (Wildman–Crippen LogP) is 2.62. The molecule has 2 amide bonds. The van der Waals surface area contributed by atoms with Crippen molar-refractivity contribution < 1.29 is 18.7 Å². The van der Waals surface area contributed by atoms with Gasteiger partial charge in [-0.1, -0.05) is 12.1 Å². The van der Waals surface area contributed by atoms with Gasteiger partial charge in [0.25, 0.3) is 0 Å². The Morgan fingerprint density at radius 3 is 2.65 bits per heavy atom. The third kappa shape index (κ3) is 4.68.